The first-order valence-electron chi connectivity index (χ1n) is 11.7. The Morgan fingerprint density at radius 3 is 2.45 bits per heavy atom. The van der Waals surface area contributed by atoms with E-state index >= 15 is 0 Å². The summed E-state index contributed by atoms with van der Waals surface area (Å²) >= 11 is 0. The van der Waals surface area contributed by atoms with Gasteiger partial charge in [-0.1, -0.05) is 6.42 Å². The fourth-order valence-electron chi connectivity index (χ4n) is 5.07. The number of rotatable bonds is 7. The highest BCUT2D eigenvalue weighted by Gasteiger charge is 2.39. The molecule has 3 saturated heterocycles. The molecule has 0 aromatic carbocycles. The molecule has 0 aromatic heterocycles. The zero-order valence-corrected chi connectivity index (χ0v) is 21.3. The standard InChI is InChI=1S/C22H43N5O.HI/c1-4-23-21(26-14-9-20(17-26)18-28-5-2)24-19-22(10-15-25(3)16-11-22)27-12-7-6-8-13-27;/h20H,4-19H2,1-3H3,(H,23,24);1H. The van der Waals surface area contributed by atoms with Gasteiger partial charge in [-0.2, -0.15) is 0 Å². The smallest absolute Gasteiger partial charge is 0.193 e. The summed E-state index contributed by atoms with van der Waals surface area (Å²) < 4.78 is 5.67. The third kappa shape index (κ3) is 6.94. The Hall–Kier alpha value is -0.120. The predicted octanol–water partition coefficient (Wildman–Crippen LogP) is 2.88. The number of hydrogen-bond donors (Lipinski definition) is 1. The highest BCUT2D eigenvalue weighted by Crippen LogP contribution is 2.32. The Bertz CT molecular complexity index is 490. The van der Waals surface area contributed by atoms with Gasteiger partial charge in [-0.3, -0.25) is 9.89 Å². The van der Waals surface area contributed by atoms with Crippen molar-refractivity contribution in [1.29, 1.82) is 0 Å². The third-order valence-electron chi connectivity index (χ3n) is 6.95. The highest BCUT2D eigenvalue weighted by molar-refractivity contribution is 14.0. The first-order valence-corrected chi connectivity index (χ1v) is 11.7. The molecule has 3 heterocycles. The average molecular weight is 522 g/mol. The quantitative estimate of drug-likeness (QED) is 0.317. The molecule has 170 valence electrons. The molecule has 0 saturated carbocycles. The van der Waals surface area contributed by atoms with Gasteiger partial charge >= 0.3 is 0 Å². The summed E-state index contributed by atoms with van der Waals surface area (Å²) in [7, 11) is 2.26. The van der Waals surface area contributed by atoms with E-state index in [1.807, 2.05) is 0 Å². The molecule has 0 aromatic rings. The van der Waals surface area contributed by atoms with Crippen LogP contribution >= 0.6 is 24.0 Å². The number of piperidine rings is 2. The lowest BCUT2D eigenvalue weighted by Gasteiger charge is -2.49. The lowest BCUT2D eigenvalue weighted by molar-refractivity contribution is 0.0206. The number of nitrogens with zero attached hydrogens (tertiary/aromatic N) is 4. The summed E-state index contributed by atoms with van der Waals surface area (Å²) in [4.78, 5) is 13.0. The van der Waals surface area contributed by atoms with Crippen molar-refractivity contribution in [3.63, 3.8) is 0 Å². The van der Waals surface area contributed by atoms with Crippen molar-refractivity contribution < 1.29 is 4.74 Å². The van der Waals surface area contributed by atoms with E-state index in [0.29, 0.717) is 5.92 Å². The second kappa shape index (κ2) is 12.7. The van der Waals surface area contributed by atoms with Crippen LogP contribution in [0.1, 0.15) is 52.4 Å². The molecule has 3 aliphatic rings. The zero-order chi connectivity index (χ0) is 19.8. The SMILES string of the molecule is CCNC(=NCC1(N2CCCCC2)CCN(C)CC1)N1CCC(COCC)C1.I. The summed E-state index contributed by atoms with van der Waals surface area (Å²) in [6.07, 6.45) is 7.82. The van der Waals surface area contributed by atoms with Crippen molar-refractivity contribution in [2.75, 3.05) is 72.6 Å². The van der Waals surface area contributed by atoms with Crippen LogP contribution in [0.15, 0.2) is 4.99 Å². The summed E-state index contributed by atoms with van der Waals surface area (Å²) in [5.74, 6) is 1.76. The molecule has 1 N–H and O–H groups in total. The Kier molecular flexibility index (Phi) is 11.0. The molecule has 29 heavy (non-hydrogen) atoms. The molecule has 3 fully saturated rings. The van der Waals surface area contributed by atoms with E-state index in [2.05, 4.69) is 40.9 Å². The molecule has 0 amide bonds. The number of likely N-dealkylation sites (tertiary alicyclic amines) is 3. The minimum absolute atomic E-state index is 0. The number of nitrogens with one attached hydrogen (secondary N) is 1. The zero-order valence-electron chi connectivity index (χ0n) is 19.0. The molecule has 6 nitrogen and oxygen atoms in total. The second-order valence-electron chi connectivity index (χ2n) is 9.01. The fourth-order valence-corrected chi connectivity index (χ4v) is 5.07. The predicted molar refractivity (Wildman–Crippen MR) is 132 cm³/mol. The van der Waals surface area contributed by atoms with Gasteiger partial charge in [0, 0.05) is 37.7 Å². The maximum atomic E-state index is 5.67. The minimum atomic E-state index is 0. The van der Waals surface area contributed by atoms with Crippen molar-refractivity contribution in [2.24, 2.45) is 10.9 Å². The maximum Gasteiger partial charge on any atom is 0.193 e. The molecule has 1 unspecified atom stereocenters. The third-order valence-corrected chi connectivity index (χ3v) is 6.95. The summed E-state index contributed by atoms with van der Waals surface area (Å²) in [5, 5.41) is 3.58. The van der Waals surface area contributed by atoms with Crippen LogP contribution in [0.25, 0.3) is 0 Å². The molecule has 3 aliphatic heterocycles. The number of hydrogen-bond acceptors (Lipinski definition) is 4. The maximum absolute atomic E-state index is 5.67. The second-order valence-corrected chi connectivity index (χ2v) is 9.01. The van der Waals surface area contributed by atoms with Gasteiger partial charge in [0.15, 0.2) is 5.96 Å². The normalized spacial score (nSPS) is 26.4. The van der Waals surface area contributed by atoms with Crippen LogP contribution in [-0.4, -0.2) is 98.8 Å². The molecule has 1 atom stereocenters. The van der Waals surface area contributed by atoms with E-state index in [9.17, 15) is 0 Å². The monoisotopic (exact) mass is 521 g/mol. The van der Waals surface area contributed by atoms with Crippen LogP contribution in [0.3, 0.4) is 0 Å². The first-order chi connectivity index (χ1) is 13.7. The molecular weight excluding hydrogens is 477 g/mol. The van der Waals surface area contributed by atoms with Crippen molar-refractivity contribution in [2.45, 2.75) is 57.9 Å². The van der Waals surface area contributed by atoms with Gasteiger partial charge in [0.2, 0.25) is 0 Å². The fraction of sp³-hybridized carbons (Fsp3) is 0.955. The van der Waals surface area contributed by atoms with Gasteiger partial charge < -0.3 is 19.9 Å². The van der Waals surface area contributed by atoms with Crippen LogP contribution in [0.2, 0.25) is 0 Å². The van der Waals surface area contributed by atoms with Gasteiger partial charge in [0.1, 0.15) is 0 Å². The number of guanidine groups is 1. The Morgan fingerprint density at radius 2 is 1.79 bits per heavy atom. The van der Waals surface area contributed by atoms with E-state index in [1.165, 1.54) is 64.7 Å². The summed E-state index contributed by atoms with van der Waals surface area (Å²) in [6, 6.07) is 0. The largest absolute Gasteiger partial charge is 0.381 e. The summed E-state index contributed by atoms with van der Waals surface area (Å²) in [5.41, 5.74) is 0.262. The molecule has 0 aliphatic carbocycles. The van der Waals surface area contributed by atoms with E-state index in [1.54, 1.807) is 0 Å². The minimum Gasteiger partial charge on any atom is -0.381 e. The lowest BCUT2D eigenvalue weighted by atomic mass is 9.84. The van der Waals surface area contributed by atoms with Crippen molar-refractivity contribution >= 4 is 29.9 Å². The number of ether oxygens (including phenoxy) is 1. The molecule has 3 rings (SSSR count). The van der Waals surface area contributed by atoms with Gasteiger partial charge in [0.05, 0.1) is 13.2 Å². The molecule has 7 heteroatoms. The molecular formula is C22H44IN5O. The van der Waals surface area contributed by atoms with Gasteiger partial charge in [-0.25, -0.2) is 0 Å². The van der Waals surface area contributed by atoms with Gasteiger partial charge in [-0.15, -0.1) is 24.0 Å². The van der Waals surface area contributed by atoms with E-state index in [-0.39, 0.29) is 29.5 Å². The van der Waals surface area contributed by atoms with Crippen LogP contribution < -0.4 is 5.32 Å². The molecule has 0 radical (unpaired) electrons. The summed E-state index contributed by atoms with van der Waals surface area (Å²) in [6.45, 7) is 14.9. The van der Waals surface area contributed by atoms with E-state index in [0.717, 1.165) is 45.4 Å². The topological polar surface area (TPSA) is 43.3 Å². The van der Waals surface area contributed by atoms with Crippen molar-refractivity contribution in [1.82, 2.24) is 20.0 Å². The van der Waals surface area contributed by atoms with Crippen LogP contribution in [0.5, 0.6) is 0 Å². The van der Waals surface area contributed by atoms with Gasteiger partial charge in [-0.05, 0) is 79.2 Å². The van der Waals surface area contributed by atoms with Crippen molar-refractivity contribution in [3.8, 4) is 0 Å². The Morgan fingerprint density at radius 1 is 1.07 bits per heavy atom. The average Bonchev–Trinajstić information content (AvgIpc) is 3.20. The highest BCUT2D eigenvalue weighted by atomic mass is 127. The van der Waals surface area contributed by atoms with E-state index < -0.39 is 0 Å². The number of aliphatic imine (C=N–C) groups is 1. The first kappa shape index (κ1) is 25.1. The van der Waals surface area contributed by atoms with Crippen LogP contribution in [0.4, 0.5) is 0 Å². The Labute approximate surface area is 195 Å². The van der Waals surface area contributed by atoms with Crippen LogP contribution in [0, 0.1) is 5.92 Å². The Balaban J connectivity index is 0.00000300. The van der Waals surface area contributed by atoms with E-state index in [4.69, 9.17) is 9.73 Å². The van der Waals surface area contributed by atoms with Crippen molar-refractivity contribution in [3.05, 3.63) is 0 Å². The number of halogens is 1. The molecule has 0 bridgehead atoms. The van der Waals surface area contributed by atoms with Crippen LogP contribution in [-0.2, 0) is 4.74 Å². The van der Waals surface area contributed by atoms with Gasteiger partial charge in [0.25, 0.3) is 0 Å². The lowest BCUT2D eigenvalue weighted by Crippen LogP contribution is -2.58. The molecule has 0 spiro atoms.